The molecule has 0 aromatic carbocycles. The number of nitrogens with zero attached hydrogens (tertiary/aromatic N) is 3. The summed E-state index contributed by atoms with van der Waals surface area (Å²) in [5, 5.41) is 7.41. The molecule has 5 heteroatoms. The van der Waals surface area contributed by atoms with E-state index in [0.717, 1.165) is 5.65 Å². The first-order valence-electron chi connectivity index (χ1n) is 4.98. The first kappa shape index (κ1) is 9.92. The fourth-order valence-corrected chi connectivity index (χ4v) is 1.32. The lowest BCUT2D eigenvalue weighted by molar-refractivity contribution is 0.788. The van der Waals surface area contributed by atoms with Crippen LogP contribution in [0.15, 0.2) is 18.3 Å². The Morgan fingerprint density at radius 2 is 2.40 bits per heavy atom. The quantitative estimate of drug-likeness (QED) is 0.777. The molecule has 0 saturated heterocycles. The molecule has 0 aliphatic rings. The Labute approximate surface area is 88.3 Å². The van der Waals surface area contributed by atoms with Gasteiger partial charge in [0.15, 0.2) is 5.65 Å². The smallest absolute Gasteiger partial charge is 0.243 e. The number of aromatic nitrogens is 3. The first-order valence-corrected chi connectivity index (χ1v) is 4.98. The minimum Gasteiger partial charge on any atom is -0.349 e. The minimum atomic E-state index is 0.184. The number of hydrogen-bond donors (Lipinski definition) is 2. The summed E-state index contributed by atoms with van der Waals surface area (Å²) in [6.45, 7) is 4.59. The highest BCUT2D eigenvalue weighted by Crippen LogP contribution is 2.07. The van der Waals surface area contributed by atoms with Gasteiger partial charge in [0, 0.05) is 18.8 Å². The van der Waals surface area contributed by atoms with Crippen LogP contribution in [0.25, 0.3) is 5.65 Å². The molecule has 0 spiro atoms. The fraction of sp³-hybridized carbons (Fsp3) is 0.400. The predicted octanol–water partition coefficient (Wildman–Crippen LogP) is 0.797. The van der Waals surface area contributed by atoms with E-state index in [0.29, 0.717) is 12.5 Å². The number of nitrogens with two attached hydrogens (primary N) is 1. The monoisotopic (exact) mass is 205 g/mol. The molecular weight excluding hydrogens is 190 g/mol. The van der Waals surface area contributed by atoms with Gasteiger partial charge in [-0.2, -0.15) is 4.98 Å². The van der Waals surface area contributed by atoms with Crippen molar-refractivity contribution < 1.29 is 0 Å². The molecule has 1 atom stereocenters. The Morgan fingerprint density at radius 3 is 3.13 bits per heavy atom. The molecule has 2 heterocycles. The van der Waals surface area contributed by atoms with Crippen molar-refractivity contribution >= 4 is 11.6 Å². The van der Waals surface area contributed by atoms with Crippen molar-refractivity contribution in [1.82, 2.24) is 14.6 Å². The van der Waals surface area contributed by atoms with E-state index in [9.17, 15) is 0 Å². The minimum absolute atomic E-state index is 0.184. The molecule has 2 rings (SSSR count). The normalized spacial score (nSPS) is 13.0. The van der Waals surface area contributed by atoms with Crippen LogP contribution in [0.3, 0.4) is 0 Å². The Balaban J connectivity index is 2.30. The zero-order valence-corrected chi connectivity index (χ0v) is 8.94. The molecule has 0 bridgehead atoms. The number of anilines is 1. The van der Waals surface area contributed by atoms with Crippen LogP contribution in [0.4, 0.5) is 5.95 Å². The predicted molar refractivity (Wildman–Crippen MR) is 59.9 cm³/mol. The van der Waals surface area contributed by atoms with Crippen LogP contribution < -0.4 is 11.1 Å². The summed E-state index contributed by atoms with van der Waals surface area (Å²) in [6, 6.07) is 4.17. The molecule has 1 unspecified atom stereocenters. The van der Waals surface area contributed by atoms with E-state index >= 15 is 0 Å². The number of rotatable bonds is 3. The highest BCUT2D eigenvalue weighted by molar-refractivity contribution is 5.45. The summed E-state index contributed by atoms with van der Waals surface area (Å²) in [5.41, 5.74) is 7.54. The molecule has 2 aromatic heterocycles. The zero-order chi connectivity index (χ0) is 10.8. The van der Waals surface area contributed by atoms with Gasteiger partial charge in [-0.3, -0.25) is 0 Å². The van der Waals surface area contributed by atoms with Crippen molar-refractivity contribution in [3.8, 4) is 0 Å². The topological polar surface area (TPSA) is 68.2 Å². The summed E-state index contributed by atoms with van der Waals surface area (Å²) >= 11 is 0. The van der Waals surface area contributed by atoms with E-state index in [-0.39, 0.29) is 6.04 Å². The molecule has 2 aromatic rings. The molecule has 5 nitrogen and oxygen atoms in total. The third-order valence-corrected chi connectivity index (χ3v) is 2.22. The molecule has 0 radical (unpaired) electrons. The van der Waals surface area contributed by atoms with Gasteiger partial charge in [-0.05, 0) is 31.5 Å². The maximum atomic E-state index is 5.51. The van der Waals surface area contributed by atoms with E-state index in [4.69, 9.17) is 5.73 Å². The van der Waals surface area contributed by atoms with Crippen LogP contribution in [0, 0.1) is 6.92 Å². The fourth-order valence-electron chi connectivity index (χ4n) is 1.32. The summed E-state index contributed by atoms with van der Waals surface area (Å²) < 4.78 is 1.75. The maximum absolute atomic E-state index is 5.51. The largest absolute Gasteiger partial charge is 0.349 e. The van der Waals surface area contributed by atoms with E-state index in [2.05, 4.69) is 15.4 Å². The van der Waals surface area contributed by atoms with E-state index in [1.807, 2.05) is 32.2 Å². The maximum Gasteiger partial charge on any atom is 0.243 e. The third-order valence-electron chi connectivity index (χ3n) is 2.22. The molecule has 0 amide bonds. The van der Waals surface area contributed by atoms with Crippen molar-refractivity contribution in [2.75, 3.05) is 11.9 Å². The van der Waals surface area contributed by atoms with Crippen LogP contribution in [-0.4, -0.2) is 27.2 Å². The summed E-state index contributed by atoms with van der Waals surface area (Å²) in [7, 11) is 0. The van der Waals surface area contributed by atoms with Crippen molar-refractivity contribution in [3.63, 3.8) is 0 Å². The number of hydrogen-bond acceptors (Lipinski definition) is 4. The van der Waals surface area contributed by atoms with Crippen molar-refractivity contribution in [2.24, 2.45) is 5.73 Å². The van der Waals surface area contributed by atoms with Crippen molar-refractivity contribution in [2.45, 2.75) is 19.9 Å². The molecule has 0 fully saturated rings. The Bertz CT molecular complexity index is 462. The average molecular weight is 205 g/mol. The second-order valence-electron chi connectivity index (χ2n) is 3.72. The van der Waals surface area contributed by atoms with E-state index in [1.54, 1.807) is 4.52 Å². The lowest BCUT2D eigenvalue weighted by atomic mass is 10.3. The van der Waals surface area contributed by atoms with Crippen LogP contribution in [0.5, 0.6) is 0 Å². The van der Waals surface area contributed by atoms with Crippen LogP contribution in [0.1, 0.15) is 12.5 Å². The number of fused-ring (bicyclic) bond motifs is 1. The Hall–Kier alpha value is -1.62. The number of nitrogens with one attached hydrogen (secondary N) is 1. The highest BCUT2D eigenvalue weighted by atomic mass is 15.3. The second kappa shape index (κ2) is 3.86. The van der Waals surface area contributed by atoms with E-state index in [1.165, 1.54) is 5.56 Å². The lowest BCUT2D eigenvalue weighted by Gasteiger charge is -2.07. The lowest BCUT2D eigenvalue weighted by Crippen LogP contribution is -2.25. The SMILES string of the molecule is Cc1ccn2nc(NC(C)CN)nc2c1. The van der Waals surface area contributed by atoms with Crippen molar-refractivity contribution in [3.05, 3.63) is 23.9 Å². The van der Waals surface area contributed by atoms with Crippen molar-refractivity contribution in [1.29, 1.82) is 0 Å². The van der Waals surface area contributed by atoms with E-state index < -0.39 is 0 Å². The van der Waals surface area contributed by atoms with Gasteiger partial charge in [-0.25, -0.2) is 4.52 Å². The molecule has 15 heavy (non-hydrogen) atoms. The summed E-state index contributed by atoms with van der Waals surface area (Å²) in [4.78, 5) is 4.35. The van der Waals surface area contributed by atoms with Gasteiger partial charge in [-0.15, -0.1) is 5.10 Å². The van der Waals surface area contributed by atoms with Crippen LogP contribution in [-0.2, 0) is 0 Å². The average Bonchev–Trinajstić information content (AvgIpc) is 2.59. The molecule has 3 N–H and O–H groups in total. The third kappa shape index (κ3) is 2.07. The number of pyridine rings is 1. The molecule has 80 valence electrons. The molecular formula is C10H15N5. The van der Waals surface area contributed by atoms with Gasteiger partial charge < -0.3 is 11.1 Å². The molecule has 0 aliphatic heterocycles. The van der Waals surface area contributed by atoms with Gasteiger partial charge in [0.25, 0.3) is 0 Å². The Morgan fingerprint density at radius 1 is 1.60 bits per heavy atom. The number of aryl methyl sites for hydroxylation is 1. The molecule has 0 aliphatic carbocycles. The standard InChI is InChI=1S/C10H15N5/c1-7-3-4-15-9(5-7)13-10(14-15)12-8(2)6-11/h3-5,8H,6,11H2,1-2H3,(H,12,14). The van der Waals surface area contributed by atoms with Crippen LogP contribution >= 0.6 is 0 Å². The van der Waals surface area contributed by atoms with Gasteiger partial charge in [0.1, 0.15) is 0 Å². The zero-order valence-electron chi connectivity index (χ0n) is 8.94. The van der Waals surface area contributed by atoms with Gasteiger partial charge in [0.2, 0.25) is 5.95 Å². The summed E-state index contributed by atoms with van der Waals surface area (Å²) in [6.07, 6.45) is 1.90. The van der Waals surface area contributed by atoms with Gasteiger partial charge in [-0.1, -0.05) is 0 Å². The van der Waals surface area contributed by atoms with Crippen LogP contribution in [0.2, 0.25) is 0 Å². The highest BCUT2D eigenvalue weighted by Gasteiger charge is 2.05. The Kier molecular flexibility index (Phi) is 2.55. The van der Waals surface area contributed by atoms with Gasteiger partial charge >= 0.3 is 0 Å². The molecule has 0 saturated carbocycles. The summed E-state index contributed by atoms with van der Waals surface area (Å²) in [5.74, 6) is 0.624. The second-order valence-corrected chi connectivity index (χ2v) is 3.72. The first-order chi connectivity index (χ1) is 7.19. The van der Waals surface area contributed by atoms with Gasteiger partial charge in [0.05, 0.1) is 0 Å².